The van der Waals surface area contributed by atoms with E-state index in [9.17, 15) is 14.7 Å². The number of hydrogen-bond donors (Lipinski definition) is 1. The van der Waals surface area contributed by atoms with Gasteiger partial charge in [-0.3, -0.25) is 4.79 Å². The molecule has 2 aromatic rings. The standard InChI is InChI=1S/C29H38N2O4/c1-27(2,3)22-15-11-21(12-16-22)19-31-25(32)28(4,5)24(30-31)10-8-9-20-13-17-23(18-14-20)35-29(6,7)26(33)34/h11-18H,8-10,19H2,1-7H3,(H,33,34). The summed E-state index contributed by atoms with van der Waals surface area (Å²) in [6, 6.07) is 15.9. The Morgan fingerprint density at radius 2 is 1.51 bits per heavy atom. The molecule has 0 saturated carbocycles. The lowest BCUT2D eigenvalue weighted by Gasteiger charge is -2.21. The van der Waals surface area contributed by atoms with E-state index in [0.29, 0.717) is 12.3 Å². The first-order chi connectivity index (χ1) is 16.2. The van der Waals surface area contributed by atoms with Crippen molar-refractivity contribution < 1.29 is 19.4 Å². The quantitative estimate of drug-likeness (QED) is 0.481. The third kappa shape index (κ3) is 6.30. The van der Waals surface area contributed by atoms with E-state index >= 15 is 0 Å². The minimum atomic E-state index is -1.28. The van der Waals surface area contributed by atoms with Crippen LogP contribution in [0, 0.1) is 5.41 Å². The van der Waals surface area contributed by atoms with Crippen molar-refractivity contribution in [1.29, 1.82) is 0 Å². The van der Waals surface area contributed by atoms with E-state index < -0.39 is 17.0 Å². The van der Waals surface area contributed by atoms with Gasteiger partial charge in [0.05, 0.1) is 17.7 Å². The van der Waals surface area contributed by atoms with Gasteiger partial charge in [-0.1, -0.05) is 57.2 Å². The molecule has 0 atom stereocenters. The van der Waals surface area contributed by atoms with Crippen molar-refractivity contribution in [2.75, 3.05) is 0 Å². The van der Waals surface area contributed by atoms with Crippen LogP contribution in [0.4, 0.5) is 0 Å². The van der Waals surface area contributed by atoms with Crippen LogP contribution in [-0.2, 0) is 28.0 Å². The summed E-state index contributed by atoms with van der Waals surface area (Å²) < 4.78 is 5.57. The first kappa shape index (κ1) is 26.5. The lowest BCUT2D eigenvalue weighted by molar-refractivity contribution is -0.152. The van der Waals surface area contributed by atoms with Crippen molar-refractivity contribution in [3.05, 3.63) is 65.2 Å². The van der Waals surface area contributed by atoms with Crippen LogP contribution in [-0.4, -0.2) is 33.3 Å². The molecule has 1 aliphatic rings. The Morgan fingerprint density at radius 1 is 0.943 bits per heavy atom. The third-order valence-electron chi connectivity index (χ3n) is 6.57. The van der Waals surface area contributed by atoms with E-state index in [0.717, 1.165) is 36.1 Å². The number of aliphatic carboxylic acids is 1. The lowest BCUT2D eigenvalue weighted by Crippen LogP contribution is -2.37. The summed E-state index contributed by atoms with van der Waals surface area (Å²) in [7, 11) is 0. The molecule has 6 heteroatoms. The molecule has 0 aromatic heterocycles. The number of carboxylic acid groups (broad SMARTS) is 1. The number of carboxylic acids is 1. The number of carbonyl (C=O) groups is 2. The number of hydrazone groups is 1. The SMILES string of the molecule is CC(C)(Oc1ccc(CCCC2=NN(Cc3ccc(C(C)(C)C)cc3)C(=O)C2(C)C)cc1)C(=O)O. The fraction of sp³-hybridized carbons (Fsp3) is 0.483. The second kappa shape index (κ2) is 9.84. The molecule has 0 radical (unpaired) electrons. The normalized spacial score (nSPS) is 15.8. The Kier molecular flexibility index (Phi) is 7.44. The van der Waals surface area contributed by atoms with Gasteiger partial charge < -0.3 is 9.84 Å². The van der Waals surface area contributed by atoms with Crippen molar-refractivity contribution in [2.24, 2.45) is 10.5 Å². The van der Waals surface area contributed by atoms with Crippen molar-refractivity contribution in [1.82, 2.24) is 5.01 Å². The summed E-state index contributed by atoms with van der Waals surface area (Å²) in [5.74, 6) is -0.443. The van der Waals surface area contributed by atoms with Crippen LogP contribution in [0.5, 0.6) is 5.75 Å². The first-order valence-corrected chi connectivity index (χ1v) is 12.2. The average Bonchev–Trinajstić information content (AvgIpc) is 2.97. The van der Waals surface area contributed by atoms with Crippen molar-refractivity contribution >= 4 is 17.6 Å². The number of benzene rings is 2. The molecular formula is C29H38N2O4. The van der Waals surface area contributed by atoms with E-state index in [1.165, 1.54) is 19.4 Å². The number of aryl methyl sites for hydroxylation is 1. The van der Waals surface area contributed by atoms with E-state index in [4.69, 9.17) is 9.84 Å². The van der Waals surface area contributed by atoms with Crippen LogP contribution in [0.15, 0.2) is 53.6 Å². The van der Waals surface area contributed by atoms with Gasteiger partial charge in [-0.25, -0.2) is 9.80 Å². The maximum absolute atomic E-state index is 13.1. The Bertz CT molecular complexity index is 1090. The number of amides is 1. The molecule has 0 aliphatic carbocycles. The fourth-order valence-electron chi connectivity index (χ4n) is 4.04. The summed E-state index contributed by atoms with van der Waals surface area (Å²) in [6.07, 6.45) is 2.44. The molecule has 1 aliphatic heterocycles. The highest BCUT2D eigenvalue weighted by Crippen LogP contribution is 2.32. The number of ether oxygens (including phenoxy) is 1. The third-order valence-corrected chi connectivity index (χ3v) is 6.57. The number of carbonyl (C=O) groups excluding carboxylic acids is 1. The van der Waals surface area contributed by atoms with Crippen LogP contribution in [0.25, 0.3) is 0 Å². The molecule has 0 unspecified atom stereocenters. The minimum Gasteiger partial charge on any atom is -0.478 e. The zero-order valence-corrected chi connectivity index (χ0v) is 22.0. The van der Waals surface area contributed by atoms with E-state index in [-0.39, 0.29) is 11.3 Å². The van der Waals surface area contributed by atoms with Crippen LogP contribution >= 0.6 is 0 Å². The summed E-state index contributed by atoms with van der Waals surface area (Å²) in [6.45, 7) is 14.0. The first-order valence-electron chi connectivity index (χ1n) is 12.2. The topological polar surface area (TPSA) is 79.2 Å². The largest absolute Gasteiger partial charge is 0.478 e. The maximum Gasteiger partial charge on any atom is 0.347 e. The zero-order valence-electron chi connectivity index (χ0n) is 22.0. The Hall–Kier alpha value is -3.15. The molecule has 1 N–H and O–H groups in total. The highest BCUT2D eigenvalue weighted by molar-refractivity contribution is 6.11. The highest BCUT2D eigenvalue weighted by Gasteiger charge is 2.42. The monoisotopic (exact) mass is 478 g/mol. The Balaban J connectivity index is 1.59. The molecule has 3 rings (SSSR count). The van der Waals surface area contributed by atoms with Gasteiger partial charge in [-0.2, -0.15) is 5.10 Å². The number of hydrogen-bond acceptors (Lipinski definition) is 4. The molecule has 0 spiro atoms. The Morgan fingerprint density at radius 3 is 2.06 bits per heavy atom. The molecule has 2 aromatic carbocycles. The maximum atomic E-state index is 13.1. The molecule has 0 bridgehead atoms. The van der Waals surface area contributed by atoms with Gasteiger partial charge in [-0.05, 0) is 81.2 Å². The summed E-state index contributed by atoms with van der Waals surface area (Å²) in [5.41, 5.74) is 2.59. The summed E-state index contributed by atoms with van der Waals surface area (Å²) in [5, 5.41) is 15.5. The minimum absolute atomic E-state index is 0.0370. The van der Waals surface area contributed by atoms with Crippen LogP contribution in [0.2, 0.25) is 0 Å². The second-order valence-electron chi connectivity index (χ2n) is 11.4. The van der Waals surface area contributed by atoms with E-state index in [2.05, 4.69) is 45.0 Å². The van der Waals surface area contributed by atoms with Crippen molar-refractivity contribution in [2.45, 2.75) is 85.3 Å². The van der Waals surface area contributed by atoms with E-state index in [1.807, 2.05) is 26.0 Å². The highest BCUT2D eigenvalue weighted by atomic mass is 16.5. The van der Waals surface area contributed by atoms with Gasteiger partial charge in [0, 0.05) is 0 Å². The predicted molar refractivity (Wildman–Crippen MR) is 139 cm³/mol. The number of rotatable bonds is 9. The van der Waals surface area contributed by atoms with Crippen LogP contribution in [0.1, 0.15) is 78.0 Å². The lowest BCUT2D eigenvalue weighted by atomic mass is 9.84. The fourth-order valence-corrected chi connectivity index (χ4v) is 4.04. The molecule has 6 nitrogen and oxygen atoms in total. The second-order valence-corrected chi connectivity index (χ2v) is 11.4. The number of nitrogens with zero attached hydrogens (tertiary/aromatic N) is 2. The van der Waals surface area contributed by atoms with Crippen molar-refractivity contribution in [3.8, 4) is 5.75 Å². The van der Waals surface area contributed by atoms with Crippen molar-refractivity contribution in [3.63, 3.8) is 0 Å². The van der Waals surface area contributed by atoms with Gasteiger partial charge in [0.1, 0.15) is 5.75 Å². The van der Waals surface area contributed by atoms with Gasteiger partial charge in [0.25, 0.3) is 5.91 Å². The molecule has 35 heavy (non-hydrogen) atoms. The van der Waals surface area contributed by atoms with E-state index in [1.54, 1.807) is 17.1 Å². The summed E-state index contributed by atoms with van der Waals surface area (Å²) in [4.78, 5) is 24.3. The van der Waals surface area contributed by atoms with Gasteiger partial charge in [0.15, 0.2) is 5.60 Å². The average molecular weight is 479 g/mol. The molecular weight excluding hydrogens is 440 g/mol. The molecule has 188 valence electrons. The predicted octanol–water partition coefficient (Wildman–Crippen LogP) is 5.97. The van der Waals surface area contributed by atoms with Crippen LogP contribution in [0.3, 0.4) is 0 Å². The summed E-state index contributed by atoms with van der Waals surface area (Å²) >= 11 is 0. The van der Waals surface area contributed by atoms with Crippen LogP contribution < -0.4 is 4.74 Å². The molecule has 0 saturated heterocycles. The van der Waals surface area contributed by atoms with Gasteiger partial charge in [0.2, 0.25) is 0 Å². The smallest absolute Gasteiger partial charge is 0.347 e. The zero-order chi connectivity index (χ0) is 26.0. The molecule has 0 fully saturated rings. The molecule has 1 heterocycles. The van der Waals surface area contributed by atoms with Gasteiger partial charge in [-0.15, -0.1) is 0 Å². The molecule has 1 amide bonds. The Labute approximate surface area is 209 Å². The van der Waals surface area contributed by atoms with Gasteiger partial charge >= 0.3 is 5.97 Å².